The van der Waals surface area contributed by atoms with Crippen molar-refractivity contribution in [3.05, 3.63) is 102 Å². The minimum absolute atomic E-state index is 0.253. The lowest BCUT2D eigenvalue weighted by atomic mass is 10.1. The Morgan fingerprint density at radius 3 is 2.13 bits per heavy atom. The summed E-state index contributed by atoms with van der Waals surface area (Å²) in [6.45, 7) is 8.10. The molecule has 0 spiro atoms. The molecule has 2 N–H and O–H groups in total. The lowest BCUT2D eigenvalue weighted by Gasteiger charge is -2.20. The van der Waals surface area contributed by atoms with E-state index in [0.717, 1.165) is 16.9 Å². The van der Waals surface area contributed by atoms with Crippen LogP contribution in [0.4, 0.5) is 11.5 Å². The molecule has 0 saturated heterocycles. The van der Waals surface area contributed by atoms with Crippen molar-refractivity contribution in [2.45, 2.75) is 44.0 Å². The summed E-state index contributed by atoms with van der Waals surface area (Å²) in [5, 5.41) is 12.2. The number of esters is 1. The van der Waals surface area contributed by atoms with Crippen LogP contribution < -0.4 is 10.6 Å². The first-order valence-electron chi connectivity index (χ1n) is 12.6. The number of aromatic nitrogens is 2. The first-order chi connectivity index (χ1) is 18.3. The molecule has 4 rings (SSSR count). The van der Waals surface area contributed by atoms with Crippen LogP contribution >= 0.6 is 11.8 Å². The zero-order chi connectivity index (χ0) is 27.0. The highest BCUT2D eigenvalue weighted by molar-refractivity contribution is 7.98. The van der Waals surface area contributed by atoms with Gasteiger partial charge >= 0.3 is 5.97 Å². The Balaban J connectivity index is 1.82. The van der Waals surface area contributed by atoms with Gasteiger partial charge in [-0.05, 0) is 57.5 Å². The molecule has 0 amide bonds. The third-order valence-corrected chi connectivity index (χ3v) is 6.31. The van der Waals surface area contributed by atoms with E-state index in [1.54, 1.807) is 11.6 Å². The maximum absolute atomic E-state index is 13.4. The zero-order valence-corrected chi connectivity index (χ0v) is 23.0. The number of guanidine groups is 1. The molecule has 0 aliphatic heterocycles. The number of nitrogens with one attached hydrogen (secondary N) is 2. The topological polar surface area (TPSA) is 80.5 Å². The number of hydrogen-bond acceptors (Lipinski definition) is 5. The highest BCUT2D eigenvalue weighted by atomic mass is 32.2. The summed E-state index contributed by atoms with van der Waals surface area (Å²) >= 11 is 1.50. The Kier molecular flexibility index (Phi) is 8.86. The predicted molar refractivity (Wildman–Crippen MR) is 156 cm³/mol. The van der Waals surface area contributed by atoms with E-state index < -0.39 is 11.5 Å². The van der Waals surface area contributed by atoms with Crippen molar-refractivity contribution in [1.82, 2.24) is 9.78 Å². The molecule has 8 heteroatoms. The second-order valence-electron chi connectivity index (χ2n) is 9.52. The fourth-order valence-electron chi connectivity index (χ4n) is 3.68. The molecule has 1 aromatic heterocycles. The molecule has 0 aliphatic carbocycles. The summed E-state index contributed by atoms with van der Waals surface area (Å²) in [7, 11) is 0. The molecular weight excluding hydrogens is 494 g/mol. The number of para-hydroxylation sites is 2. The van der Waals surface area contributed by atoms with E-state index in [2.05, 4.69) is 22.8 Å². The Morgan fingerprint density at radius 2 is 1.53 bits per heavy atom. The minimum Gasteiger partial charge on any atom is -0.462 e. The van der Waals surface area contributed by atoms with Gasteiger partial charge in [-0.1, -0.05) is 78.5 Å². The van der Waals surface area contributed by atoms with Crippen LogP contribution in [0.2, 0.25) is 0 Å². The summed E-state index contributed by atoms with van der Waals surface area (Å²) in [6, 6.07) is 29.6. The number of thioether (sulfide) groups is 1. The van der Waals surface area contributed by atoms with Crippen LogP contribution in [0.1, 0.15) is 43.6 Å². The number of hydrogen-bond donors (Lipinski definition) is 2. The number of aliphatic imine (C=N–C) groups is 1. The molecule has 3 aromatic carbocycles. The van der Waals surface area contributed by atoms with Gasteiger partial charge in [0.05, 0.1) is 17.8 Å². The summed E-state index contributed by atoms with van der Waals surface area (Å²) in [5.41, 5.74) is 2.79. The van der Waals surface area contributed by atoms with Crippen molar-refractivity contribution >= 4 is 35.2 Å². The van der Waals surface area contributed by atoms with Gasteiger partial charge < -0.3 is 15.4 Å². The quantitative estimate of drug-likeness (QED) is 0.111. The predicted octanol–water partition coefficient (Wildman–Crippen LogP) is 7.02. The van der Waals surface area contributed by atoms with E-state index in [1.807, 2.05) is 99.6 Å². The normalized spacial score (nSPS) is 11.7. The smallest absolute Gasteiger partial charge is 0.344 e. The van der Waals surface area contributed by atoms with Crippen molar-refractivity contribution in [1.29, 1.82) is 0 Å². The average molecular weight is 528 g/mol. The molecule has 0 fully saturated rings. The number of carbonyl (C=O) groups excluding carboxylic acids is 1. The summed E-state index contributed by atoms with van der Waals surface area (Å²) in [4.78, 5) is 18.3. The van der Waals surface area contributed by atoms with Gasteiger partial charge in [-0.15, -0.1) is 0 Å². The zero-order valence-electron chi connectivity index (χ0n) is 22.1. The highest BCUT2D eigenvalue weighted by Gasteiger charge is 2.28. The number of carbonyl (C=O) groups is 1. The van der Waals surface area contributed by atoms with E-state index in [4.69, 9.17) is 14.8 Å². The van der Waals surface area contributed by atoms with E-state index >= 15 is 0 Å². The second kappa shape index (κ2) is 12.5. The molecule has 0 saturated carbocycles. The Labute approximate surface area is 228 Å². The van der Waals surface area contributed by atoms with Gasteiger partial charge in [-0.2, -0.15) is 5.10 Å². The van der Waals surface area contributed by atoms with Crippen LogP contribution in [0.5, 0.6) is 0 Å². The van der Waals surface area contributed by atoms with Crippen LogP contribution in [-0.4, -0.2) is 33.9 Å². The van der Waals surface area contributed by atoms with Crippen molar-refractivity contribution in [2.75, 3.05) is 17.2 Å². The first-order valence-corrected chi connectivity index (χ1v) is 13.5. The van der Waals surface area contributed by atoms with Gasteiger partial charge in [0.15, 0.2) is 5.82 Å². The van der Waals surface area contributed by atoms with Crippen molar-refractivity contribution in [3.8, 4) is 5.69 Å². The van der Waals surface area contributed by atoms with Gasteiger partial charge in [0.2, 0.25) is 5.96 Å². The average Bonchev–Trinajstić information content (AvgIpc) is 3.26. The minimum atomic E-state index is -0.442. The number of nitrogens with zero attached hydrogens (tertiary/aromatic N) is 3. The van der Waals surface area contributed by atoms with E-state index in [-0.39, 0.29) is 6.61 Å². The van der Waals surface area contributed by atoms with Crippen molar-refractivity contribution < 1.29 is 9.53 Å². The van der Waals surface area contributed by atoms with Crippen LogP contribution in [-0.2, 0) is 10.5 Å². The standard InChI is InChI=1S/C30H33N5O2S/c1-5-37-28(36)25-26(32-29(33-30(2,3)4)31-23-17-11-7-12-18-23)35(24-19-13-8-14-20-24)34-27(25)38-21-22-15-9-6-10-16-22/h6-20H,5,21H2,1-4H3,(H2,31,32,33). The molecule has 1 heterocycles. The van der Waals surface area contributed by atoms with Gasteiger partial charge in [0.1, 0.15) is 10.6 Å². The van der Waals surface area contributed by atoms with Crippen LogP contribution in [0.25, 0.3) is 5.69 Å². The molecule has 38 heavy (non-hydrogen) atoms. The Morgan fingerprint density at radius 1 is 0.921 bits per heavy atom. The van der Waals surface area contributed by atoms with Gasteiger partial charge in [0, 0.05) is 11.4 Å². The van der Waals surface area contributed by atoms with E-state index in [0.29, 0.717) is 28.1 Å². The summed E-state index contributed by atoms with van der Waals surface area (Å²) in [5.74, 6) is 1.19. The number of anilines is 2. The van der Waals surface area contributed by atoms with Crippen molar-refractivity contribution in [2.24, 2.45) is 4.99 Å². The summed E-state index contributed by atoms with van der Waals surface area (Å²) in [6.07, 6.45) is 0. The second-order valence-corrected chi connectivity index (χ2v) is 10.5. The number of benzene rings is 3. The van der Waals surface area contributed by atoms with E-state index in [1.165, 1.54) is 11.8 Å². The molecule has 7 nitrogen and oxygen atoms in total. The maximum atomic E-state index is 13.4. The highest BCUT2D eigenvalue weighted by Crippen LogP contribution is 2.33. The monoisotopic (exact) mass is 527 g/mol. The molecular formula is C30H33N5O2S. The fraction of sp³-hybridized carbons (Fsp3) is 0.233. The van der Waals surface area contributed by atoms with Crippen molar-refractivity contribution in [3.63, 3.8) is 0 Å². The third-order valence-electron chi connectivity index (χ3n) is 5.27. The van der Waals surface area contributed by atoms with Crippen LogP contribution in [0, 0.1) is 0 Å². The van der Waals surface area contributed by atoms with Crippen LogP contribution in [0.15, 0.2) is 101 Å². The molecule has 196 valence electrons. The molecule has 0 radical (unpaired) electrons. The SMILES string of the molecule is CCOC(=O)c1c(SCc2ccccc2)nn(-c2ccccc2)c1NC(=NC(C)(C)C)Nc1ccccc1. The molecule has 0 atom stereocenters. The molecule has 4 aromatic rings. The van der Waals surface area contributed by atoms with Gasteiger partial charge in [-0.25, -0.2) is 14.5 Å². The third kappa shape index (κ3) is 7.26. The number of rotatable bonds is 8. The molecule has 0 aliphatic rings. The fourth-order valence-corrected chi connectivity index (χ4v) is 4.64. The Hall–Kier alpha value is -4.04. The summed E-state index contributed by atoms with van der Waals surface area (Å²) < 4.78 is 7.25. The lowest BCUT2D eigenvalue weighted by Crippen LogP contribution is -2.29. The van der Waals surface area contributed by atoms with Gasteiger partial charge in [-0.3, -0.25) is 0 Å². The van der Waals surface area contributed by atoms with Gasteiger partial charge in [0.25, 0.3) is 0 Å². The molecule has 0 unspecified atom stereocenters. The van der Waals surface area contributed by atoms with Crippen LogP contribution in [0.3, 0.4) is 0 Å². The maximum Gasteiger partial charge on any atom is 0.344 e. The first kappa shape index (κ1) is 27.0. The Bertz CT molecular complexity index is 1360. The van der Waals surface area contributed by atoms with E-state index in [9.17, 15) is 4.79 Å². The molecule has 0 bridgehead atoms. The lowest BCUT2D eigenvalue weighted by molar-refractivity contribution is 0.0523. The number of ether oxygens (including phenoxy) is 1. The largest absolute Gasteiger partial charge is 0.462 e.